The number of para-hydroxylation sites is 2. The van der Waals surface area contributed by atoms with Crippen molar-refractivity contribution in [2.45, 2.75) is 17.5 Å². The highest BCUT2D eigenvalue weighted by molar-refractivity contribution is 7.98. The number of nitro benzene ring substituents is 1. The Morgan fingerprint density at radius 2 is 2.08 bits per heavy atom. The smallest absolute Gasteiger partial charge is 0.276 e. The molecular weight excluding hydrogens is 345 g/mol. The van der Waals surface area contributed by atoms with Crippen molar-refractivity contribution in [2.24, 2.45) is 0 Å². The van der Waals surface area contributed by atoms with E-state index in [1.165, 1.54) is 30.0 Å². The number of ether oxygens (including phenoxy) is 1. The fourth-order valence-corrected chi connectivity index (χ4v) is 3.63. The van der Waals surface area contributed by atoms with Crippen LogP contribution in [0.15, 0.2) is 47.6 Å². The number of imidazole rings is 1. The first-order valence-corrected chi connectivity index (χ1v) is 8.59. The molecule has 8 heteroatoms. The van der Waals surface area contributed by atoms with E-state index in [9.17, 15) is 14.5 Å². The van der Waals surface area contributed by atoms with E-state index < -0.39 is 10.7 Å². The van der Waals surface area contributed by atoms with Gasteiger partial charge in [-0.25, -0.2) is 9.37 Å². The van der Waals surface area contributed by atoms with Gasteiger partial charge in [0.2, 0.25) is 0 Å². The monoisotopic (exact) mass is 361 g/mol. The fraction of sp³-hybridized carbons (Fsp3) is 0.235. The average Bonchev–Trinajstić information content (AvgIpc) is 2.96. The maximum absolute atomic E-state index is 14.1. The second kappa shape index (κ2) is 7.62. The topological polar surface area (TPSA) is 70.2 Å². The minimum atomic E-state index is -0.582. The normalized spacial score (nSPS) is 11.1. The van der Waals surface area contributed by atoms with E-state index in [1.54, 1.807) is 7.11 Å². The van der Waals surface area contributed by atoms with E-state index >= 15 is 0 Å². The van der Waals surface area contributed by atoms with E-state index in [0.717, 1.165) is 11.0 Å². The maximum atomic E-state index is 14.1. The van der Waals surface area contributed by atoms with Gasteiger partial charge in [-0.05, 0) is 18.2 Å². The van der Waals surface area contributed by atoms with Crippen LogP contribution in [0.25, 0.3) is 11.0 Å². The van der Waals surface area contributed by atoms with Gasteiger partial charge in [-0.1, -0.05) is 30.0 Å². The lowest BCUT2D eigenvalue weighted by Gasteiger charge is -2.09. The van der Waals surface area contributed by atoms with Crippen molar-refractivity contribution < 1.29 is 14.1 Å². The molecule has 0 aliphatic rings. The summed E-state index contributed by atoms with van der Waals surface area (Å²) in [5.41, 5.74) is 1.63. The number of nitro groups is 1. The molecule has 0 saturated carbocycles. The molecule has 0 bridgehead atoms. The molecule has 0 saturated heterocycles. The van der Waals surface area contributed by atoms with Crippen molar-refractivity contribution in [1.82, 2.24) is 9.55 Å². The Kier molecular flexibility index (Phi) is 5.30. The number of fused-ring (bicyclic) bond motifs is 1. The Bertz CT molecular complexity index is 913. The lowest BCUT2D eigenvalue weighted by molar-refractivity contribution is -0.385. The Morgan fingerprint density at radius 1 is 1.28 bits per heavy atom. The Labute approximate surface area is 147 Å². The summed E-state index contributed by atoms with van der Waals surface area (Å²) in [4.78, 5) is 15.1. The predicted octanol–water partition coefficient (Wildman–Crippen LogP) is 4.02. The Morgan fingerprint density at radius 3 is 2.84 bits per heavy atom. The summed E-state index contributed by atoms with van der Waals surface area (Å²) in [7, 11) is 1.62. The van der Waals surface area contributed by atoms with E-state index in [-0.39, 0.29) is 17.0 Å². The van der Waals surface area contributed by atoms with Gasteiger partial charge in [-0.15, -0.1) is 0 Å². The molecule has 1 aromatic heterocycles. The molecule has 0 N–H and O–H groups in total. The first kappa shape index (κ1) is 17.4. The summed E-state index contributed by atoms with van der Waals surface area (Å²) in [6, 6.07) is 11.6. The standard InChI is InChI=1S/C17H16FN3O3S/c1-24-10-9-20-16-7-3-2-6-14(16)19-17(20)25-11-12-13(18)5-4-8-15(12)21(22)23/h2-8H,9-11H2,1H3. The zero-order chi connectivity index (χ0) is 17.8. The van der Waals surface area contributed by atoms with E-state index in [1.807, 2.05) is 28.8 Å². The summed E-state index contributed by atoms with van der Waals surface area (Å²) in [6.45, 7) is 1.10. The minimum Gasteiger partial charge on any atom is -0.383 e. The number of thioether (sulfide) groups is 1. The molecule has 3 rings (SSSR count). The van der Waals surface area contributed by atoms with Crippen LogP contribution in [0, 0.1) is 15.9 Å². The van der Waals surface area contributed by atoms with Gasteiger partial charge in [0, 0.05) is 25.5 Å². The second-order valence-corrected chi connectivity index (χ2v) is 6.25. The van der Waals surface area contributed by atoms with Crippen molar-refractivity contribution in [1.29, 1.82) is 0 Å². The summed E-state index contributed by atoms with van der Waals surface area (Å²) in [5, 5.41) is 11.8. The third-order valence-electron chi connectivity index (χ3n) is 3.77. The van der Waals surface area contributed by atoms with Crippen LogP contribution in [-0.2, 0) is 17.0 Å². The summed E-state index contributed by atoms with van der Waals surface area (Å²) in [5.74, 6) is -0.458. The second-order valence-electron chi connectivity index (χ2n) is 5.31. The molecule has 0 fully saturated rings. The van der Waals surface area contributed by atoms with Crippen LogP contribution in [0.1, 0.15) is 5.56 Å². The quantitative estimate of drug-likeness (QED) is 0.361. The van der Waals surface area contributed by atoms with Crippen LogP contribution in [0.3, 0.4) is 0 Å². The number of benzene rings is 2. The highest BCUT2D eigenvalue weighted by atomic mass is 32.2. The molecular formula is C17H16FN3O3S. The molecule has 3 aromatic rings. The molecule has 2 aromatic carbocycles. The molecule has 0 unspecified atom stereocenters. The van der Waals surface area contributed by atoms with Crippen LogP contribution in [0.4, 0.5) is 10.1 Å². The van der Waals surface area contributed by atoms with Gasteiger partial charge >= 0.3 is 0 Å². The molecule has 0 amide bonds. The SMILES string of the molecule is COCCn1c(SCc2c(F)cccc2[N+](=O)[O-])nc2ccccc21. The van der Waals surface area contributed by atoms with Gasteiger partial charge in [0.15, 0.2) is 5.16 Å². The van der Waals surface area contributed by atoms with Gasteiger partial charge in [0.25, 0.3) is 5.69 Å². The van der Waals surface area contributed by atoms with E-state index in [0.29, 0.717) is 18.3 Å². The molecule has 0 aliphatic heterocycles. The highest BCUT2D eigenvalue weighted by Gasteiger charge is 2.19. The van der Waals surface area contributed by atoms with Crippen LogP contribution < -0.4 is 0 Å². The first-order valence-electron chi connectivity index (χ1n) is 7.60. The molecule has 6 nitrogen and oxygen atoms in total. The van der Waals surface area contributed by atoms with Crippen molar-refractivity contribution in [3.05, 3.63) is 64.0 Å². The zero-order valence-electron chi connectivity index (χ0n) is 13.5. The zero-order valence-corrected chi connectivity index (χ0v) is 14.3. The number of hydrogen-bond acceptors (Lipinski definition) is 5. The number of methoxy groups -OCH3 is 1. The highest BCUT2D eigenvalue weighted by Crippen LogP contribution is 2.31. The average molecular weight is 361 g/mol. The van der Waals surface area contributed by atoms with Gasteiger partial charge in [-0.3, -0.25) is 10.1 Å². The predicted molar refractivity (Wildman–Crippen MR) is 94.2 cm³/mol. The Hall–Kier alpha value is -2.45. The van der Waals surface area contributed by atoms with Crippen LogP contribution >= 0.6 is 11.8 Å². The fourth-order valence-electron chi connectivity index (χ4n) is 2.56. The molecule has 130 valence electrons. The number of hydrogen-bond donors (Lipinski definition) is 0. The summed E-state index contributed by atoms with van der Waals surface area (Å²) < 4.78 is 21.2. The molecule has 1 heterocycles. The van der Waals surface area contributed by atoms with Crippen molar-refractivity contribution in [3.63, 3.8) is 0 Å². The largest absolute Gasteiger partial charge is 0.383 e. The van der Waals surface area contributed by atoms with Gasteiger partial charge in [0.1, 0.15) is 5.82 Å². The van der Waals surface area contributed by atoms with Crippen molar-refractivity contribution >= 4 is 28.5 Å². The molecule has 25 heavy (non-hydrogen) atoms. The van der Waals surface area contributed by atoms with Crippen LogP contribution in [-0.4, -0.2) is 28.2 Å². The van der Waals surface area contributed by atoms with Gasteiger partial charge < -0.3 is 9.30 Å². The third kappa shape index (κ3) is 3.64. The lowest BCUT2D eigenvalue weighted by atomic mass is 10.2. The van der Waals surface area contributed by atoms with Gasteiger partial charge in [0.05, 0.1) is 28.1 Å². The van der Waals surface area contributed by atoms with E-state index in [2.05, 4.69) is 4.98 Å². The summed E-state index contributed by atoms with van der Waals surface area (Å²) >= 11 is 1.27. The number of rotatable bonds is 7. The number of halogens is 1. The number of aromatic nitrogens is 2. The van der Waals surface area contributed by atoms with Crippen LogP contribution in [0.2, 0.25) is 0 Å². The minimum absolute atomic E-state index is 0.0721. The van der Waals surface area contributed by atoms with Crippen molar-refractivity contribution in [3.8, 4) is 0 Å². The molecule has 0 radical (unpaired) electrons. The Balaban J connectivity index is 1.93. The van der Waals surface area contributed by atoms with Crippen LogP contribution in [0.5, 0.6) is 0 Å². The molecule has 0 atom stereocenters. The third-order valence-corrected chi connectivity index (χ3v) is 4.78. The number of nitrogens with zero attached hydrogens (tertiary/aromatic N) is 3. The maximum Gasteiger partial charge on any atom is 0.276 e. The lowest BCUT2D eigenvalue weighted by Crippen LogP contribution is -2.06. The van der Waals surface area contributed by atoms with E-state index in [4.69, 9.17) is 4.74 Å². The molecule has 0 aliphatic carbocycles. The van der Waals surface area contributed by atoms with Crippen molar-refractivity contribution in [2.75, 3.05) is 13.7 Å². The first-order chi connectivity index (χ1) is 12.1. The molecule has 0 spiro atoms. The van der Waals surface area contributed by atoms with Gasteiger partial charge in [-0.2, -0.15) is 0 Å². The summed E-state index contributed by atoms with van der Waals surface area (Å²) in [6.07, 6.45) is 0.